The number of rotatable bonds is 3. The lowest BCUT2D eigenvalue weighted by atomic mass is 10.1. The molecule has 1 aliphatic rings. The summed E-state index contributed by atoms with van der Waals surface area (Å²) in [5.74, 6) is 0.946. The predicted octanol–water partition coefficient (Wildman–Crippen LogP) is 3.29. The van der Waals surface area contributed by atoms with Gasteiger partial charge in [-0.05, 0) is 37.6 Å². The average molecular weight is 238 g/mol. The summed E-state index contributed by atoms with van der Waals surface area (Å²) in [7, 11) is 0. The molecule has 86 valence electrons. The van der Waals surface area contributed by atoms with Crippen molar-refractivity contribution in [1.82, 2.24) is 5.32 Å². The van der Waals surface area contributed by atoms with Gasteiger partial charge < -0.3 is 10.1 Å². The van der Waals surface area contributed by atoms with Gasteiger partial charge in [-0.2, -0.15) is 0 Å². The van der Waals surface area contributed by atoms with Crippen molar-refractivity contribution in [3.8, 4) is 5.75 Å². The molecule has 1 N–H and O–H groups in total. The maximum absolute atomic E-state index is 6.12. The fourth-order valence-corrected chi connectivity index (χ4v) is 2.02. The normalized spacial score (nSPS) is 13.4. The van der Waals surface area contributed by atoms with Crippen LogP contribution in [0.1, 0.15) is 25.0 Å². The van der Waals surface area contributed by atoms with Crippen LogP contribution in [0.25, 0.3) is 0 Å². The van der Waals surface area contributed by atoms with E-state index in [1.165, 1.54) is 16.7 Å². The van der Waals surface area contributed by atoms with E-state index in [-0.39, 0.29) is 0 Å². The third-order valence-electron chi connectivity index (χ3n) is 2.67. The van der Waals surface area contributed by atoms with E-state index in [2.05, 4.69) is 25.2 Å². The second-order valence-electron chi connectivity index (χ2n) is 4.20. The molecule has 0 unspecified atom stereocenters. The third kappa shape index (κ3) is 2.39. The molecule has 1 aromatic carbocycles. The molecular weight excluding hydrogens is 222 g/mol. The van der Waals surface area contributed by atoms with Crippen molar-refractivity contribution in [3.63, 3.8) is 0 Å². The molecule has 1 aromatic rings. The Labute approximate surface area is 101 Å². The maximum atomic E-state index is 6.12. The molecule has 0 radical (unpaired) electrons. The van der Waals surface area contributed by atoms with Gasteiger partial charge in [-0.3, -0.25) is 0 Å². The number of hydrogen-bond donors (Lipinski definition) is 1. The minimum absolute atomic E-state index is 0.621. The smallest absolute Gasteiger partial charge is 0.124 e. The first-order valence-corrected chi connectivity index (χ1v) is 5.83. The fraction of sp³-hybridized carbons (Fsp3) is 0.385. The van der Waals surface area contributed by atoms with Gasteiger partial charge in [0, 0.05) is 23.7 Å². The van der Waals surface area contributed by atoms with Crippen LogP contribution in [0, 0.1) is 0 Å². The van der Waals surface area contributed by atoms with Crippen LogP contribution in [0.4, 0.5) is 0 Å². The Morgan fingerprint density at radius 3 is 2.88 bits per heavy atom. The molecule has 3 heteroatoms. The first kappa shape index (κ1) is 11.5. The fourth-order valence-electron chi connectivity index (χ4n) is 1.77. The molecule has 0 aliphatic carbocycles. The van der Waals surface area contributed by atoms with Crippen molar-refractivity contribution in [2.75, 3.05) is 6.61 Å². The second-order valence-corrected chi connectivity index (χ2v) is 4.61. The van der Waals surface area contributed by atoms with Crippen LogP contribution in [-0.2, 0) is 13.1 Å². The number of nitrogens with one attached hydrogen (secondary N) is 1. The van der Waals surface area contributed by atoms with Gasteiger partial charge in [-0.15, -0.1) is 0 Å². The Kier molecular flexibility index (Phi) is 3.52. The molecule has 0 amide bonds. The van der Waals surface area contributed by atoms with Crippen molar-refractivity contribution in [2.45, 2.75) is 26.9 Å². The maximum Gasteiger partial charge on any atom is 0.124 e. The zero-order chi connectivity index (χ0) is 11.5. The molecule has 0 saturated heterocycles. The molecule has 0 saturated carbocycles. The van der Waals surface area contributed by atoms with Gasteiger partial charge in [0.2, 0.25) is 0 Å². The predicted molar refractivity (Wildman–Crippen MR) is 66.9 cm³/mol. The molecule has 2 rings (SSSR count). The quantitative estimate of drug-likeness (QED) is 0.815. The van der Waals surface area contributed by atoms with E-state index >= 15 is 0 Å². The van der Waals surface area contributed by atoms with Gasteiger partial charge in [0.25, 0.3) is 0 Å². The van der Waals surface area contributed by atoms with Crippen LogP contribution in [0.3, 0.4) is 0 Å². The molecule has 0 spiro atoms. The van der Waals surface area contributed by atoms with Gasteiger partial charge in [0.1, 0.15) is 12.4 Å². The van der Waals surface area contributed by atoms with Gasteiger partial charge >= 0.3 is 0 Å². The first-order chi connectivity index (χ1) is 7.68. The summed E-state index contributed by atoms with van der Waals surface area (Å²) in [6.07, 6.45) is 2.07. The minimum atomic E-state index is 0.621. The Hall–Kier alpha value is -0.990. The SMILES string of the molecule is CC(C)=CCOc1ccc(Cl)c2c1CNC2. The second kappa shape index (κ2) is 4.89. The van der Waals surface area contributed by atoms with E-state index in [9.17, 15) is 0 Å². The van der Waals surface area contributed by atoms with Crippen molar-refractivity contribution < 1.29 is 4.74 Å². The lowest BCUT2D eigenvalue weighted by molar-refractivity contribution is 0.358. The molecule has 0 aromatic heterocycles. The number of allylic oxidation sites excluding steroid dienone is 1. The van der Waals surface area contributed by atoms with Crippen molar-refractivity contribution >= 4 is 11.6 Å². The molecule has 0 atom stereocenters. The Balaban J connectivity index is 2.17. The van der Waals surface area contributed by atoms with Gasteiger partial charge in [0.15, 0.2) is 0 Å². The van der Waals surface area contributed by atoms with Crippen LogP contribution >= 0.6 is 11.6 Å². The van der Waals surface area contributed by atoms with Crippen molar-refractivity contribution in [2.24, 2.45) is 0 Å². The standard InChI is InChI=1S/C13H16ClNO/c1-9(2)5-6-16-13-4-3-12(14)10-7-15-8-11(10)13/h3-5,15H,6-8H2,1-2H3. The number of ether oxygens (including phenoxy) is 1. The largest absolute Gasteiger partial charge is 0.489 e. The summed E-state index contributed by atoms with van der Waals surface area (Å²) in [4.78, 5) is 0. The summed E-state index contributed by atoms with van der Waals surface area (Å²) in [6.45, 7) is 6.44. The van der Waals surface area contributed by atoms with E-state index in [0.717, 1.165) is 23.9 Å². The highest BCUT2D eigenvalue weighted by Crippen LogP contribution is 2.31. The lowest BCUT2D eigenvalue weighted by Gasteiger charge is -2.09. The van der Waals surface area contributed by atoms with Crippen molar-refractivity contribution in [1.29, 1.82) is 0 Å². The van der Waals surface area contributed by atoms with Crippen LogP contribution in [0.2, 0.25) is 5.02 Å². The molecule has 1 aliphatic heterocycles. The van der Waals surface area contributed by atoms with E-state index in [0.29, 0.717) is 6.61 Å². The van der Waals surface area contributed by atoms with Gasteiger partial charge in [0.05, 0.1) is 0 Å². The average Bonchev–Trinajstić information content (AvgIpc) is 2.70. The first-order valence-electron chi connectivity index (χ1n) is 5.45. The topological polar surface area (TPSA) is 21.3 Å². The van der Waals surface area contributed by atoms with Crippen LogP contribution in [-0.4, -0.2) is 6.61 Å². The molecule has 1 heterocycles. The van der Waals surface area contributed by atoms with Crippen molar-refractivity contribution in [3.05, 3.63) is 39.9 Å². The summed E-state index contributed by atoms with van der Waals surface area (Å²) >= 11 is 6.12. The summed E-state index contributed by atoms with van der Waals surface area (Å²) in [5.41, 5.74) is 3.65. The lowest BCUT2D eigenvalue weighted by Crippen LogP contribution is -2.01. The summed E-state index contributed by atoms with van der Waals surface area (Å²) in [5, 5.41) is 4.12. The van der Waals surface area contributed by atoms with Gasteiger partial charge in [-0.25, -0.2) is 0 Å². The summed E-state index contributed by atoms with van der Waals surface area (Å²) < 4.78 is 5.74. The van der Waals surface area contributed by atoms with Crippen LogP contribution in [0.5, 0.6) is 5.75 Å². The minimum Gasteiger partial charge on any atom is -0.489 e. The third-order valence-corrected chi connectivity index (χ3v) is 3.02. The highest BCUT2D eigenvalue weighted by molar-refractivity contribution is 6.31. The van der Waals surface area contributed by atoms with Gasteiger partial charge in [-0.1, -0.05) is 17.2 Å². The molecule has 0 bridgehead atoms. The zero-order valence-electron chi connectivity index (χ0n) is 9.64. The Morgan fingerprint density at radius 1 is 1.38 bits per heavy atom. The summed E-state index contributed by atoms with van der Waals surface area (Å²) in [6, 6.07) is 3.86. The zero-order valence-corrected chi connectivity index (χ0v) is 10.4. The molecule has 0 fully saturated rings. The van der Waals surface area contributed by atoms with Crippen LogP contribution in [0.15, 0.2) is 23.8 Å². The highest BCUT2D eigenvalue weighted by atomic mass is 35.5. The molecule has 16 heavy (non-hydrogen) atoms. The van der Waals surface area contributed by atoms with E-state index in [1.807, 2.05) is 12.1 Å². The Bertz CT molecular complexity index is 422. The highest BCUT2D eigenvalue weighted by Gasteiger charge is 2.17. The van der Waals surface area contributed by atoms with E-state index in [1.54, 1.807) is 0 Å². The van der Waals surface area contributed by atoms with E-state index < -0.39 is 0 Å². The van der Waals surface area contributed by atoms with Crippen LogP contribution < -0.4 is 10.1 Å². The number of fused-ring (bicyclic) bond motifs is 1. The number of hydrogen-bond acceptors (Lipinski definition) is 2. The number of halogens is 1. The molecule has 2 nitrogen and oxygen atoms in total. The monoisotopic (exact) mass is 237 g/mol. The Morgan fingerprint density at radius 2 is 2.12 bits per heavy atom. The number of benzene rings is 1. The van der Waals surface area contributed by atoms with E-state index in [4.69, 9.17) is 16.3 Å². The molecular formula is C13H16ClNO.